The second-order valence-electron chi connectivity index (χ2n) is 9.03. The average molecular weight is 472 g/mol. The maximum Gasteiger partial charge on any atom is 0.150 e. The van der Waals surface area contributed by atoms with Crippen LogP contribution < -0.4 is 5.32 Å². The molecular weight excluding hydrogens is 449 g/mol. The number of rotatable bonds is 5. The minimum atomic E-state index is -0.232. The van der Waals surface area contributed by atoms with Gasteiger partial charge in [-0.25, -0.2) is 9.37 Å². The zero-order valence-electron chi connectivity index (χ0n) is 19.4. The molecule has 0 fully saturated rings. The highest BCUT2D eigenvalue weighted by atomic mass is 19.1. The van der Waals surface area contributed by atoms with Gasteiger partial charge in [0.1, 0.15) is 5.82 Å². The standard InChI is InChI=1S/C30H22FN5/c31-20-11-9-19(10-12-20)18-36-28-8-4-2-6-23(28)24-13-14-32-30(29(24)36)34-16-21-15-25-22-5-1-3-7-26(22)35-27(25)17-33-21/h1-15,17,35H,16,18H2,(H,32,34). The fourth-order valence-corrected chi connectivity index (χ4v) is 5.13. The highest BCUT2D eigenvalue weighted by Crippen LogP contribution is 2.33. The SMILES string of the molecule is Fc1ccc(Cn2c3ccccc3c3ccnc(NCc4cc5c(cn4)[nH]c4ccccc45)c32)cc1. The molecule has 2 N–H and O–H groups in total. The van der Waals surface area contributed by atoms with Crippen molar-refractivity contribution < 1.29 is 4.39 Å². The Morgan fingerprint density at radius 3 is 2.47 bits per heavy atom. The van der Waals surface area contributed by atoms with Gasteiger partial charge in [0.2, 0.25) is 0 Å². The number of fused-ring (bicyclic) bond motifs is 6. The lowest BCUT2D eigenvalue weighted by molar-refractivity contribution is 0.626. The Morgan fingerprint density at radius 1 is 0.778 bits per heavy atom. The van der Waals surface area contributed by atoms with Crippen molar-refractivity contribution in [1.82, 2.24) is 19.5 Å². The maximum atomic E-state index is 13.5. The molecule has 0 aliphatic carbocycles. The van der Waals surface area contributed by atoms with E-state index in [1.807, 2.05) is 36.7 Å². The number of halogens is 1. The topological polar surface area (TPSA) is 58.5 Å². The number of pyridine rings is 2. The molecule has 5 nitrogen and oxygen atoms in total. The molecule has 4 heterocycles. The lowest BCUT2D eigenvalue weighted by atomic mass is 10.1. The summed E-state index contributed by atoms with van der Waals surface area (Å²) in [7, 11) is 0. The minimum absolute atomic E-state index is 0.232. The molecule has 0 saturated carbocycles. The minimum Gasteiger partial charge on any atom is -0.363 e. The van der Waals surface area contributed by atoms with Crippen LogP contribution >= 0.6 is 0 Å². The Bertz CT molecular complexity index is 1880. The predicted octanol–water partition coefficient (Wildman–Crippen LogP) is 7.02. The molecule has 0 aliphatic rings. The average Bonchev–Trinajstić information content (AvgIpc) is 3.45. The first-order chi connectivity index (χ1) is 17.7. The summed E-state index contributed by atoms with van der Waals surface area (Å²) in [6, 6.07) is 27.5. The lowest BCUT2D eigenvalue weighted by Crippen LogP contribution is -2.07. The quantitative estimate of drug-likeness (QED) is 0.284. The van der Waals surface area contributed by atoms with Crippen LogP contribution in [-0.2, 0) is 13.1 Å². The third-order valence-electron chi connectivity index (χ3n) is 6.82. The van der Waals surface area contributed by atoms with E-state index in [1.54, 1.807) is 0 Å². The van der Waals surface area contributed by atoms with Crippen molar-refractivity contribution in [1.29, 1.82) is 0 Å². The van der Waals surface area contributed by atoms with Gasteiger partial charge in [-0.1, -0.05) is 48.5 Å². The normalized spacial score (nSPS) is 11.7. The number of nitrogens with one attached hydrogen (secondary N) is 2. The lowest BCUT2D eigenvalue weighted by Gasteiger charge is -2.12. The van der Waals surface area contributed by atoms with Gasteiger partial charge in [0, 0.05) is 45.3 Å². The van der Waals surface area contributed by atoms with Crippen molar-refractivity contribution >= 4 is 49.4 Å². The first-order valence-corrected chi connectivity index (χ1v) is 11.9. The van der Waals surface area contributed by atoms with Crippen LogP contribution in [-0.4, -0.2) is 19.5 Å². The zero-order valence-corrected chi connectivity index (χ0v) is 19.4. The molecule has 3 aromatic carbocycles. The number of aromatic amines is 1. The van der Waals surface area contributed by atoms with Crippen molar-refractivity contribution in [2.75, 3.05) is 5.32 Å². The number of nitrogens with zero attached hydrogens (tertiary/aromatic N) is 3. The van der Waals surface area contributed by atoms with Crippen molar-refractivity contribution in [2.24, 2.45) is 0 Å². The molecule has 6 heteroatoms. The summed E-state index contributed by atoms with van der Waals surface area (Å²) >= 11 is 0. The van der Waals surface area contributed by atoms with Crippen LogP contribution in [0.3, 0.4) is 0 Å². The van der Waals surface area contributed by atoms with Crippen LogP contribution in [0.5, 0.6) is 0 Å². The third kappa shape index (κ3) is 3.38. The van der Waals surface area contributed by atoms with E-state index in [2.05, 4.69) is 68.4 Å². The van der Waals surface area contributed by atoms with Gasteiger partial charge in [-0.15, -0.1) is 0 Å². The Kier molecular flexibility index (Phi) is 4.70. The molecule has 0 amide bonds. The number of aromatic nitrogens is 4. The highest BCUT2D eigenvalue weighted by molar-refractivity contribution is 6.11. The molecule has 4 aromatic heterocycles. The molecule has 174 valence electrons. The summed E-state index contributed by atoms with van der Waals surface area (Å²) in [5.74, 6) is 0.566. The fourth-order valence-electron chi connectivity index (χ4n) is 5.13. The van der Waals surface area contributed by atoms with E-state index in [-0.39, 0.29) is 5.82 Å². The summed E-state index contributed by atoms with van der Waals surface area (Å²) in [5.41, 5.74) is 6.24. The second kappa shape index (κ2) is 8.20. The Morgan fingerprint density at radius 2 is 1.58 bits per heavy atom. The Balaban J connectivity index is 1.30. The maximum absolute atomic E-state index is 13.5. The molecule has 36 heavy (non-hydrogen) atoms. The number of anilines is 1. The van der Waals surface area contributed by atoms with Gasteiger partial charge in [0.05, 0.1) is 29.5 Å². The molecule has 0 saturated heterocycles. The van der Waals surface area contributed by atoms with Gasteiger partial charge in [0.25, 0.3) is 0 Å². The van der Waals surface area contributed by atoms with E-state index in [0.29, 0.717) is 13.1 Å². The molecule has 0 atom stereocenters. The zero-order chi connectivity index (χ0) is 24.1. The van der Waals surface area contributed by atoms with Crippen LogP contribution in [0.15, 0.2) is 97.3 Å². The van der Waals surface area contributed by atoms with E-state index >= 15 is 0 Å². The van der Waals surface area contributed by atoms with Crippen molar-refractivity contribution in [2.45, 2.75) is 13.1 Å². The Hall–Kier alpha value is -4.71. The summed E-state index contributed by atoms with van der Waals surface area (Å²) < 4.78 is 15.8. The van der Waals surface area contributed by atoms with Crippen LogP contribution in [0.2, 0.25) is 0 Å². The van der Waals surface area contributed by atoms with Gasteiger partial charge in [-0.3, -0.25) is 4.98 Å². The molecular formula is C30H22FN5. The molecule has 0 aliphatic heterocycles. The number of hydrogen-bond donors (Lipinski definition) is 2. The fraction of sp³-hybridized carbons (Fsp3) is 0.0667. The molecule has 0 unspecified atom stereocenters. The molecule has 7 aromatic rings. The largest absolute Gasteiger partial charge is 0.363 e. The molecule has 7 rings (SSSR count). The first kappa shape index (κ1) is 20.6. The smallest absolute Gasteiger partial charge is 0.150 e. The van der Waals surface area contributed by atoms with E-state index in [4.69, 9.17) is 4.98 Å². The van der Waals surface area contributed by atoms with E-state index in [9.17, 15) is 4.39 Å². The second-order valence-corrected chi connectivity index (χ2v) is 9.03. The van der Waals surface area contributed by atoms with Crippen LogP contribution in [0.25, 0.3) is 43.6 Å². The van der Waals surface area contributed by atoms with Crippen molar-refractivity contribution in [3.8, 4) is 0 Å². The third-order valence-corrected chi connectivity index (χ3v) is 6.82. The van der Waals surface area contributed by atoms with E-state index in [0.717, 1.165) is 49.9 Å². The molecule has 0 radical (unpaired) electrons. The van der Waals surface area contributed by atoms with Gasteiger partial charge in [-0.05, 0) is 42.0 Å². The summed E-state index contributed by atoms with van der Waals surface area (Å²) in [4.78, 5) is 12.8. The van der Waals surface area contributed by atoms with Gasteiger partial charge in [0.15, 0.2) is 5.82 Å². The summed E-state index contributed by atoms with van der Waals surface area (Å²) in [5, 5.41) is 8.19. The highest BCUT2D eigenvalue weighted by Gasteiger charge is 2.15. The van der Waals surface area contributed by atoms with Crippen LogP contribution in [0, 0.1) is 5.82 Å². The summed E-state index contributed by atoms with van der Waals surface area (Å²) in [6.45, 7) is 1.16. The Labute approximate surface area is 206 Å². The molecule has 0 spiro atoms. The van der Waals surface area contributed by atoms with Crippen LogP contribution in [0.1, 0.15) is 11.3 Å². The summed E-state index contributed by atoms with van der Waals surface area (Å²) in [6.07, 6.45) is 3.74. The predicted molar refractivity (Wildman–Crippen MR) is 144 cm³/mol. The monoisotopic (exact) mass is 471 g/mol. The van der Waals surface area contributed by atoms with E-state index in [1.165, 1.54) is 22.9 Å². The number of H-pyrrole nitrogens is 1. The van der Waals surface area contributed by atoms with Gasteiger partial charge < -0.3 is 14.9 Å². The van der Waals surface area contributed by atoms with Crippen LogP contribution in [0.4, 0.5) is 10.2 Å². The number of benzene rings is 3. The first-order valence-electron chi connectivity index (χ1n) is 11.9. The van der Waals surface area contributed by atoms with Crippen molar-refractivity contribution in [3.63, 3.8) is 0 Å². The molecule has 0 bridgehead atoms. The van der Waals surface area contributed by atoms with Gasteiger partial charge in [-0.2, -0.15) is 0 Å². The van der Waals surface area contributed by atoms with E-state index < -0.39 is 0 Å². The number of hydrogen-bond acceptors (Lipinski definition) is 3. The van der Waals surface area contributed by atoms with Gasteiger partial charge >= 0.3 is 0 Å². The van der Waals surface area contributed by atoms with Crippen molar-refractivity contribution in [3.05, 3.63) is 114 Å². The number of para-hydroxylation sites is 2.